The number of nitrogens with zero attached hydrogens (tertiary/aromatic N) is 3. The van der Waals surface area contributed by atoms with Crippen molar-refractivity contribution in [1.29, 1.82) is 10.5 Å². The number of ketones is 1. The summed E-state index contributed by atoms with van der Waals surface area (Å²) < 4.78 is 0.760. The van der Waals surface area contributed by atoms with Gasteiger partial charge >= 0.3 is 0 Å². The monoisotopic (exact) mass is 513 g/mol. The third-order valence-corrected chi connectivity index (χ3v) is 7.49. The Balaban J connectivity index is 1.81. The predicted octanol–water partition coefficient (Wildman–Crippen LogP) is 6.39. The Bertz CT molecular complexity index is 1360. The van der Waals surface area contributed by atoms with Gasteiger partial charge in [0.05, 0.1) is 18.2 Å². The Morgan fingerprint density at radius 3 is 2.39 bits per heavy atom. The number of carbonyl (C=O) groups is 1. The molecule has 1 saturated heterocycles. The van der Waals surface area contributed by atoms with E-state index in [1.165, 1.54) is 0 Å². The van der Waals surface area contributed by atoms with E-state index in [1.807, 2.05) is 71.6 Å². The summed E-state index contributed by atoms with van der Waals surface area (Å²) in [5.74, 6) is -0.822. The Hall–Kier alpha value is -3.38. The molecule has 0 saturated carbocycles. The average molecular weight is 515 g/mol. The Kier molecular flexibility index (Phi) is 5.33. The van der Waals surface area contributed by atoms with Gasteiger partial charge < -0.3 is 4.90 Å². The number of halogens is 2. The molecule has 0 aliphatic carbocycles. The van der Waals surface area contributed by atoms with Gasteiger partial charge in [-0.2, -0.15) is 10.5 Å². The lowest BCUT2D eigenvalue weighted by Gasteiger charge is -2.35. The van der Waals surface area contributed by atoms with Gasteiger partial charge in [0.25, 0.3) is 0 Å². The van der Waals surface area contributed by atoms with E-state index >= 15 is 0 Å². The number of nitriles is 2. The molecular formula is C27H17BrClN3O. The van der Waals surface area contributed by atoms with Crippen molar-refractivity contribution in [3.63, 3.8) is 0 Å². The maximum Gasteiger partial charge on any atom is 0.185 e. The molecule has 2 aliphatic heterocycles. The molecule has 2 heterocycles. The highest BCUT2D eigenvalue weighted by Crippen LogP contribution is 2.56. The van der Waals surface area contributed by atoms with E-state index < -0.39 is 23.4 Å². The van der Waals surface area contributed by atoms with Crippen LogP contribution in [0.25, 0.3) is 6.08 Å². The van der Waals surface area contributed by atoms with Gasteiger partial charge in [0.1, 0.15) is 6.04 Å². The van der Waals surface area contributed by atoms with Gasteiger partial charge in [0, 0.05) is 26.7 Å². The molecule has 0 N–H and O–H groups in total. The molecule has 0 unspecified atom stereocenters. The molecule has 3 atom stereocenters. The minimum Gasteiger partial charge on any atom is -0.351 e. The summed E-state index contributed by atoms with van der Waals surface area (Å²) >= 11 is 9.85. The molecular weight excluding hydrogens is 498 g/mol. The highest BCUT2D eigenvalue weighted by Gasteiger charge is 2.63. The zero-order valence-corrected chi connectivity index (χ0v) is 19.7. The van der Waals surface area contributed by atoms with Crippen molar-refractivity contribution in [2.45, 2.75) is 18.0 Å². The second kappa shape index (κ2) is 8.19. The minimum absolute atomic E-state index is 0.134. The van der Waals surface area contributed by atoms with Gasteiger partial charge in [-0.15, -0.1) is 0 Å². The lowest BCUT2D eigenvalue weighted by Crippen LogP contribution is -2.44. The molecule has 160 valence electrons. The number of benzene rings is 3. The van der Waals surface area contributed by atoms with Crippen LogP contribution in [0, 0.1) is 28.1 Å². The van der Waals surface area contributed by atoms with E-state index in [0.717, 1.165) is 21.3 Å². The van der Waals surface area contributed by atoms with Gasteiger partial charge in [-0.3, -0.25) is 4.79 Å². The summed E-state index contributed by atoms with van der Waals surface area (Å²) in [7, 11) is 0. The van der Waals surface area contributed by atoms with E-state index in [0.29, 0.717) is 10.6 Å². The summed E-state index contributed by atoms with van der Waals surface area (Å²) in [5.41, 5.74) is 1.45. The Morgan fingerprint density at radius 1 is 1.00 bits per heavy atom. The molecule has 0 radical (unpaired) electrons. The molecule has 0 spiro atoms. The Labute approximate surface area is 205 Å². The molecule has 5 rings (SSSR count). The molecule has 0 aromatic heterocycles. The predicted molar refractivity (Wildman–Crippen MR) is 132 cm³/mol. The normalized spacial score (nSPS) is 22.1. The molecule has 0 bridgehead atoms. The summed E-state index contributed by atoms with van der Waals surface area (Å²) in [5, 5.41) is 21.5. The van der Waals surface area contributed by atoms with E-state index in [1.54, 1.807) is 18.2 Å². The van der Waals surface area contributed by atoms with Gasteiger partial charge in [-0.1, -0.05) is 88.2 Å². The van der Waals surface area contributed by atoms with Crippen LogP contribution in [0.5, 0.6) is 0 Å². The molecule has 1 fully saturated rings. The highest BCUT2D eigenvalue weighted by molar-refractivity contribution is 9.10. The fourth-order valence-electron chi connectivity index (χ4n) is 5.11. The van der Waals surface area contributed by atoms with Crippen molar-refractivity contribution >= 4 is 45.1 Å². The van der Waals surface area contributed by atoms with Crippen LogP contribution in [0.3, 0.4) is 0 Å². The van der Waals surface area contributed by atoms with Crippen molar-refractivity contribution in [3.05, 3.63) is 105 Å². The van der Waals surface area contributed by atoms with Crippen LogP contribution in [0.15, 0.2) is 83.3 Å². The summed E-state index contributed by atoms with van der Waals surface area (Å²) in [6.45, 7) is 0. The molecule has 2 aliphatic rings. The largest absolute Gasteiger partial charge is 0.351 e. The van der Waals surface area contributed by atoms with Gasteiger partial charge in [0.2, 0.25) is 0 Å². The molecule has 0 amide bonds. The minimum atomic E-state index is -1.48. The van der Waals surface area contributed by atoms with E-state index in [4.69, 9.17) is 11.6 Å². The summed E-state index contributed by atoms with van der Waals surface area (Å²) in [4.78, 5) is 16.0. The third kappa shape index (κ3) is 3.20. The van der Waals surface area contributed by atoms with Crippen LogP contribution in [0.2, 0.25) is 5.02 Å². The fraction of sp³-hybridized carbons (Fsp3) is 0.148. The highest BCUT2D eigenvalue weighted by atomic mass is 79.9. The lowest BCUT2D eigenvalue weighted by atomic mass is 9.69. The number of fused-ring (bicyclic) bond motifs is 3. The SMILES string of the molecule is N#CC1(C#N)[C@H](c2ccccc2Br)[C@@H](C(=O)c2ccccc2)N2c3ccc(Cl)cc3C=C[C@H]21. The van der Waals surface area contributed by atoms with Crippen LogP contribution < -0.4 is 4.90 Å². The van der Waals surface area contributed by atoms with Crippen LogP contribution in [0.4, 0.5) is 5.69 Å². The zero-order chi connectivity index (χ0) is 23.2. The number of hydrogen-bond acceptors (Lipinski definition) is 4. The maximum absolute atomic E-state index is 14.1. The second-order valence-electron chi connectivity index (χ2n) is 8.18. The zero-order valence-electron chi connectivity index (χ0n) is 17.3. The first kappa shape index (κ1) is 21.5. The van der Waals surface area contributed by atoms with E-state index in [9.17, 15) is 15.3 Å². The third-order valence-electron chi connectivity index (χ3n) is 6.54. The van der Waals surface area contributed by atoms with Crippen LogP contribution >= 0.6 is 27.5 Å². The van der Waals surface area contributed by atoms with Crippen LogP contribution in [0.1, 0.15) is 27.4 Å². The molecule has 33 heavy (non-hydrogen) atoms. The summed E-state index contributed by atoms with van der Waals surface area (Å²) in [6.07, 6.45) is 3.74. The number of Topliss-reactive ketones (excluding diaryl/α,β-unsaturated/α-hetero) is 1. The fourth-order valence-corrected chi connectivity index (χ4v) is 5.82. The van der Waals surface area contributed by atoms with Gasteiger partial charge in [0.15, 0.2) is 11.2 Å². The van der Waals surface area contributed by atoms with Crippen molar-refractivity contribution in [2.75, 3.05) is 4.90 Å². The smallest absolute Gasteiger partial charge is 0.185 e. The number of anilines is 1. The van der Waals surface area contributed by atoms with Crippen molar-refractivity contribution in [3.8, 4) is 12.1 Å². The standard InChI is InChI=1S/C27H17BrClN3O/c28-21-9-5-4-8-20(21)24-25(26(33)17-6-2-1-3-7-17)32-22-12-11-19(29)14-18(22)10-13-23(32)27(24,15-30)16-31/h1-14,23-25H/t23-,24+,25-/m0/s1. The molecule has 4 nitrogen and oxygen atoms in total. The maximum atomic E-state index is 14.1. The molecule has 3 aromatic carbocycles. The quantitative estimate of drug-likeness (QED) is 0.380. The average Bonchev–Trinajstić information content (AvgIpc) is 3.14. The summed E-state index contributed by atoms with van der Waals surface area (Å²) in [6, 6.07) is 25.3. The number of rotatable bonds is 3. The van der Waals surface area contributed by atoms with Crippen molar-refractivity contribution in [2.24, 2.45) is 5.41 Å². The Morgan fingerprint density at radius 2 is 1.70 bits per heavy atom. The van der Waals surface area contributed by atoms with Crippen molar-refractivity contribution in [1.82, 2.24) is 0 Å². The van der Waals surface area contributed by atoms with Crippen LogP contribution in [-0.2, 0) is 0 Å². The van der Waals surface area contributed by atoms with Crippen LogP contribution in [-0.4, -0.2) is 17.9 Å². The molecule has 3 aromatic rings. The van der Waals surface area contributed by atoms with Gasteiger partial charge in [-0.05, 0) is 35.4 Å². The molecule has 6 heteroatoms. The van der Waals surface area contributed by atoms with E-state index in [-0.39, 0.29) is 5.78 Å². The topological polar surface area (TPSA) is 67.9 Å². The lowest BCUT2D eigenvalue weighted by molar-refractivity contribution is 0.0951. The number of hydrogen-bond donors (Lipinski definition) is 0. The first-order chi connectivity index (χ1) is 16.0. The van der Waals surface area contributed by atoms with Crippen molar-refractivity contribution < 1.29 is 4.79 Å². The number of carbonyl (C=O) groups excluding carboxylic acids is 1. The second-order valence-corrected chi connectivity index (χ2v) is 9.47. The van der Waals surface area contributed by atoms with E-state index in [2.05, 4.69) is 28.1 Å². The van der Waals surface area contributed by atoms with Gasteiger partial charge in [-0.25, -0.2) is 0 Å². The first-order valence-corrected chi connectivity index (χ1v) is 11.6. The first-order valence-electron chi connectivity index (χ1n) is 10.4.